The molecule has 0 bridgehead atoms. The zero-order chi connectivity index (χ0) is 10.8. The predicted molar refractivity (Wildman–Crippen MR) is 54.0 cm³/mol. The second-order valence-corrected chi connectivity index (χ2v) is 3.95. The van der Waals surface area contributed by atoms with Gasteiger partial charge in [-0.25, -0.2) is 4.79 Å². The highest BCUT2D eigenvalue weighted by Crippen LogP contribution is 2.17. The molecule has 3 heteroatoms. The molecule has 0 unspecified atom stereocenters. The van der Waals surface area contributed by atoms with Crippen molar-refractivity contribution in [2.75, 3.05) is 0 Å². The van der Waals surface area contributed by atoms with Crippen molar-refractivity contribution in [1.29, 1.82) is 0 Å². The Morgan fingerprint density at radius 1 is 1.50 bits per heavy atom. The van der Waals surface area contributed by atoms with E-state index in [1.807, 2.05) is 20.8 Å². The Morgan fingerprint density at radius 2 is 2.14 bits per heavy atom. The number of carbonyl (C=O) groups is 1. The summed E-state index contributed by atoms with van der Waals surface area (Å²) in [4.78, 5) is 11.6. The Hall–Kier alpha value is -1.51. The van der Waals surface area contributed by atoms with E-state index >= 15 is 0 Å². The Kier molecular flexibility index (Phi) is 2.79. The average molecular weight is 194 g/mol. The van der Waals surface area contributed by atoms with Gasteiger partial charge in [0.1, 0.15) is 17.4 Å². The summed E-state index contributed by atoms with van der Waals surface area (Å²) < 4.78 is 10.1. The maximum Gasteiger partial charge on any atom is 0.342 e. The lowest BCUT2D eigenvalue weighted by Crippen LogP contribution is -2.23. The van der Waals surface area contributed by atoms with Crippen molar-refractivity contribution in [3.8, 4) is 0 Å². The maximum absolute atomic E-state index is 11.6. The first-order valence-electron chi connectivity index (χ1n) is 4.36. The van der Waals surface area contributed by atoms with Crippen LogP contribution in [0.15, 0.2) is 23.5 Å². The molecule has 0 spiro atoms. The Labute approximate surface area is 83.4 Å². The number of rotatable bonds is 2. The fourth-order valence-electron chi connectivity index (χ4n) is 0.964. The minimum Gasteiger partial charge on any atom is -0.471 e. The SMILES string of the molecule is C=Cc1cocc1C(=O)OC(C)(C)C. The smallest absolute Gasteiger partial charge is 0.342 e. The standard InChI is InChI=1S/C11H14O3/c1-5-8-6-13-7-9(8)10(12)14-11(2,3)4/h5-7H,1H2,2-4H3. The molecular formula is C11H14O3. The molecule has 0 saturated heterocycles. The van der Waals surface area contributed by atoms with Crippen LogP contribution < -0.4 is 0 Å². The first-order chi connectivity index (χ1) is 6.44. The summed E-state index contributed by atoms with van der Waals surface area (Å²) in [7, 11) is 0. The molecule has 1 rings (SSSR count). The largest absolute Gasteiger partial charge is 0.471 e. The minimum atomic E-state index is -0.493. The van der Waals surface area contributed by atoms with Crippen molar-refractivity contribution < 1.29 is 13.9 Å². The van der Waals surface area contributed by atoms with Gasteiger partial charge < -0.3 is 9.15 Å². The van der Waals surface area contributed by atoms with Crippen LogP contribution in [0.3, 0.4) is 0 Å². The molecular weight excluding hydrogens is 180 g/mol. The van der Waals surface area contributed by atoms with E-state index < -0.39 is 5.60 Å². The van der Waals surface area contributed by atoms with Gasteiger partial charge in [-0.3, -0.25) is 0 Å². The molecule has 0 atom stereocenters. The van der Waals surface area contributed by atoms with Gasteiger partial charge in [-0.15, -0.1) is 0 Å². The third-order valence-corrected chi connectivity index (χ3v) is 1.53. The minimum absolute atomic E-state index is 0.388. The molecule has 0 fully saturated rings. The van der Waals surface area contributed by atoms with E-state index in [9.17, 15) is 4.79 Å². The van der Waals surface area contributed by atoms with Crippen LogP contribution in [0.4, 0.5) is 0 Å². The van der Waals surface area contributed by atoms with Gasteiger partial charge in [0.2, 0.25) is 0 Å². The van der Waals surface area contributed by atoms with Crippen LogP contribution in [-0.2, 0) is 4.74 Å². The van der Waals surface area contributed by atoms with Gasteiger partial charge in [-0.2, -0.15) is 0 Å². The third-order valence-electron chi connectivity index (χ3n) is 1.53. The van der Waals surface area contributed by atoms with E-state index in [1.165, 1.54) is 12.5 Å². The highest BCUT2D eigenvalue weighted by Gasteiger charge is 2.20. The van der Waals surface area contributed by atoms with Crippen LogP contribution in [0.25, 0.3) is 6.08 Å². The molecule has 0 aromatic carbocycles. The van der Waals surface area contributed by atoms with E-state index in [1.54, 1.807) is 6.08 Å². The zero-order valence-corrected chi connectivity index (χ0v) is 8.66. The van der Waals surface area contributed by atoms with E-state index in [0.717, 1.165) is 0 Å². The summed E-state index contributed by atoms with van der Waals surface area (Å²) in [5, 5.41) is 0. The van der Waals surface area contributed by atoms with Crippen LogP contribution in [0.5, 0.6) is 0 Å². The van der Waals surface area contributed by atoms with Crippen LogP contribution in [0.2, 0.25) is 0 Å². The van der Waals surface area contributed by atoms with Gasteiger partial charge in [-0.05, 0) is 20.8 Å². The van der Waals surface area contributed by atoms with Gasteiger partial charge in [0.05, 0.1) is 6.26 Å². The summed E-state index contributed by atoms with van der Waals surface area (Å²) in [6, 6.07) is 0. The monoisotopic (exact) mass is 194 g/mol. The molecule has 0 amide bonds. The van der Waals surface area contributed by atoms with Crippen LogP contribution in [0.1, 0.15) is 36.7 Å². The summed E-state index contributed by atoms with van der Waals surface area (Å²) in [5.74, 6) is -0.388. The van der Waals surface area contributed by atoms with E-state index in [-0.39, 0.29) is 5.97 Å². The normalized spacial score (nSPS) is 11.1. The number of hydrogen-bond donors (Lipinski definition) is 0. The number of ether oxygens (including phenoxy) is 1. The van der Waals surface area contributed by atoms with Gasteiger partial charge in [0, 0.05) is 5.56 Å². The molecule has 3 nitrogen and oxygen atoms in total. The molecule has 14 heavy (non-hydrogen) atoms. The Bertz CT molecular complexity index is 342. The first kappa shape index (κ1) is 10.6. The van der Waals surface area contributed by atoms with E-state index in [2.05, 4.69) is 6.58 Å². The van der Waals surface area contributed by atoms with Crippen LogP contribution in [-0.4, -0.2) is 11.6 Å². The number of hydrogen-bond acceptors (Lipinski definition) is 3. The summed E-state index contributed by atoms with van der Waals surface area (Å²) in [6.07, 6.45) is 4.39. The Morgan fingerprint density at radius 3 is 2.64 bits per heavy atom. The molecule has 76 valence electrons. The lowest BCUT2D eigenvalue weighted by atomic mass is 10.1. The van der Waals surface area contributed by atoms with Crippen molar-refractivity contribution in [3.05, 3.63) is 30.2 Å². The van der Waals surface area contributed by atoms with Gasteiger partial charge >= 0.3 is 5.97 Å². The first-order valence-corrected chi connectivity index (χ1v) is 4.36. The fraction of sp³-hybridized carbons (Fsp3) is 0.364. The second-order valence-electron chi connectivity index (χ2n) is 3.95. The van der Waals surface area contributed by atoms with E-state index in [4.69, 9.17) is 9.15 Å². The van der Waals surface area contributed by atoms with Gasteiger partial charge in [0.25, 0.3) is 0 Å². The Balaban J connectivity index is 2.85. The molecule has 1 aromatic heterocycles. The highest BCUT2D eigenvalue weighted by molar-refractivity contribution is 5.93. The third kappa shape index (κ3) is 2.49. The molecule has 1 heterocycles. The summed E-state index contributed by atoms with van der Waals surface area (Å²) in [6.45, 7) is 9.03. The highest BCUT2D eigenvalue weighted by atomic mass is 16.6. The lowest BCUT2D eigenvalue weighted by Gasteiger charge is -2.18. The molecule has 0 aliphatic rings. The summed E-state index contributed by atoms with van der Waals surface area (Å²) >= 11 is 0. The van der Waals surface area contributed by atoms with Crippen LogP contribution >= 0.6 is 0 Å². The predicted octanol–water partition coefficient (Wildman–Crippen LogP) is 2.88. The van der Waals surface area contributed by atoms with Crippen LogP contribution in [0, 0.1) is 0 Å². The second kappa shape index (κ2) is 3.70. The number of carbonyl (C=O) groups excluding carboxylic acids is 1. The molecule has 0 aliphatic heterocycles. The van der Waals surface area contributed by atoms with Crippen molar-refractivity contribution in [2.24, 2.45) is 0 Å². The van der Waals surface area contributed by atoms with E-state index in [0.29, 0.717) is 11.1 Å². The van der Waals surface area contributed by atoms with Gasteiger partial charge in [-0.1, -0.05) is 12.7 Å². The number of esters is 1. The van der Waals surface area contributed by atoms with Crippen molar-refractivity contribution >= 4 is 12.0 Å². The van der Waals surface area contributed by atoms with Crippen molar-refractivity contribution in [3.63, 3.8) is 0 Å². The number of furan rings is 1. The zero-order valence-electron chi connectivity index (χ0n) is 8.66. The average Bonchev–Trinajstić information content (AvgIpc) is 2.47. The quantitative estimate of drug-likeness (QED) is 0.679. The fourth-order valence-corrected chi connectivity index (χ4v) is 0.964. The maximum atomic E-state index is 11.6. The molecule has 0 radical (unpaired) electrons. The van der Waals surface area contributed by atoms with Gasteiger partial charge in [0.15, 0.2) is 0 Å². The summed E-state index contributed by atoms with van der Waals surface area (Å²) in [5.41, 5.74) is 0.571. The van der Waals surface area contributed by atoms with Crippen molar-refractivity contribution in [1.82, 2.24) is 0 Å². The molecule has 0 saturated carbocycles. The molecule has 0 N–H and O–H groups in total. The lowest BCUT2D eigenvalue weighted by molar-refractivity contribution is 0.00687. The topological polar surface area (TPSA) is 39.4 Å². The molecule has 1 aromatic rings. The molecule has 0 aliphatic carbocycles. The van der Waals surface area contributed by atoms with Crippen molar-refractivity contribution in [2.45, 2.75) is 26.4 Å².